The van der Waals surface area contributed by atoms with Crippen LogP contribution in [0, 0.1) is 0 Å². The van der Waals surface area contributed by atoms with Gasteiger partial charge in [-0.2, -0.15) is 13.2 Å². The Morgan fingerprint density at radius 2 is 1.93 bits per heavy atom. The van der Waals surface area contributed by atoms with Gasteiger partial charge in [0.05, 0.1) is 0 Å². The number of aromatic nitrogens is 2. The number of hydrogen-bond donors (Lipinski definition) is 2. The van der Waals surface area contributed by atoms with Gasteiger partial charge in [0.1, 0.15) is 0 Å². The molecule has 2 heterocycles. The lowest BCUT2D eigenvalue weighted by Crippen LogP contribution is -2.43. The van der Waals surface area contributed by atoms with Gasteiger partial charge < -0.3 is 16.0 Å². The predicted octanol–water partition coefficient (Wildman–Crippen LogP) is 1.86. The normalized spacial score (nSPS) is 13.8. The van der Waals surface area contributed by atoms with Crippen LogP contribution in [0.15, 0.2) is 30.6 Å². The van der Waals surface area contributed by atoms with Gasteiger partial charge in [0.2, 0.25) is 11.7 Å². The summed E-state index contributed by atoms with van der Waals surface area (Å²) in [7, 11) is 0. The summed E-state index contributed by atoms with van der Waals surface area (Å²) in [5.74, 6) is -1.73. The number of alkyl halides is 3. The van der Waals surface area contributed by atoms with Crippen molar-refractivity contribution in [1.29, 1.82) is 0 Å². The molecule has 3 amide bonds. The molecule has 0 atom stereocenters. The molecule has 0 radical (unpaired) electrons. The molecule has 0 saturated heterocycles. The third-order valence-electron chi connectivity index (χ3n) is 4.22. The number of amides is 3. The van der Waals surface area contributed by atoms with Crippen LogP contribution in [0.4, 0.5) is 18.0 Å². The fraction of sp³-hybridized carbons (Fsp3) is 0.294. The van der Waals surface area contributed by atoms with E-state index in [1.165, 1.54) is 0 Å². The fourth-order valence-corrected chi connectivity index (χ4v) is 2.90. The summed E-state index contributed by atoms with van der Waals surface area (Å²) >= 11 is 0. The number of halogens is 3. The van der Waals surface area contributed by atoms with Crippen molar-refractivity contribution in [1.82, 2.24) is 20.2 Å². The molecule has 0 bridgehead atoms. The standard InChI is InChI=1S/C17H16F3N5O2/c18-17(19,20)15-22-6-10(7-23-15)8-24-16(27)25-5-4-12-11(9-25)2-1-3-13(12)14(21)26/h1-3,6-7H,4-5,8-9H2,(H2,21,26)(H,24,27). The Kier molecular flexibility index (Phi) is 4.98. The van der Waals surface area contributed by atoms with E-state index >= 15 is 0 Å². The van der Waals surface area contributed by atoms with Crippen molar-refractivity contribution in [2.75, 3.05) is 6.54 Å². The number of urea groups is 1. The molecule has 3 rings (SSSR count). The lowest BCUT2D eigenvalue weighted by molar-refractivity contribution is -0.145. The molecule has 2 aromatic rings. The van der Waals surface area contributed by atoms with Crippen LogP contribution in [0.25, 0.3) is 0 Å². The lowest BCUT2D eigenvalue weighted by Gasteiger charge is -2.29. The molecular formula is C17H16F3N5O2. The molecule has 0 aliphatic carbocycles. The minimum absolute atomic E-state index is 0.00164. The molecule has 3 N–H and O–H groups in total. The van der Waals surface area contributed by atoms with Crippen LogP contribution in [0.3, 0.4) is 0 Å². The number of hydrogen-bond acceptors (Lipinski definition) is 4. The van der Waals surface area contributed by atoms with Gasteiger partial charge >= 0.3 is 12.2 Å². The molecule has 10 heteroatoms. The van der Waals surface area contributed by atoms with Gasteiger partial charge in [-0.1, -0.05) is 12.1 Å². The van der Waals surface area contributed by atoms with E-state index in [4.69, 9.17) is 5.73 Å². The molecule has 0 unspecified atom stereocenters. The largest absolute Gasteiger partial charge is 0.451 e. The molecule has 0 saturated carbocycles. The second-order valence-corrected chi connectivity index (χ2v) is 6.05. The number of primary amides is 1. The average molecular weight is 379 g/mol. The zero-order valence-electron chi connectivity index (χ0n) is 14.1. The Bertz CT molecular complexity index is 868. The van der Waals surface area contributed by atoms with Crippen molar-refractivity contribution < 1.29 is 22.8 Å². The van der Waals surface area contributed by atoms with Gasteiger partial charge in [-0.15, -0.1) is 0 Å². The van der Waals surface area contributed by atoms with Gasteiger partial charge in [-0.25, -0.2) is 14.8 Å². The highest BCUT2D eigenvalue weighted by molar-refractivity contribution is 5.94. The number of nitrogens with two attached hydrogens (primary N) is 1. The van der Waals surface area contributed by atoms with E-state index in [0.29, 0.717) is 30.6 Å². The number of benzene rings is 1. The third-order valence-corrected chi connectivity index (χ3v) is 4.22. The third kappa shape index (κ3) is 4.15. The first-order chi connectivity index (χ1) is 12.8. The van der Waals surface area contributed by atoms with E-state index < -0.39 is 17.9 Å². The number of fused-ring (bicyclic) bond motifs is 1. The summed E-state index contributed by atoms with van der Waals surface area (Å²) in [5.41, 5.74) is 7.85. The molecule has 0 fully saturated rings. The van der Waals surface area contributed by atoms with Crippen molar-refractivity contribution in [3.8, 4) is 0 Å². The Labute approximate surface area is 152 Å². The molecule has 1 aromatic heterocycles. The number of carbonyl (C=O) groups excluding carboxylic acids is 2. The van der Waals surface area contributed by atoms with E-state index in [1.807, 2.05) is 6.07 Å². The number of carbonyl (C=O) groups is 2. The minimum Gasteiger partial charge on any atom is -0.366 e. The highest BCUT2D eigenvalue weighted by atomic mass is 19.4. The van der Waals surface area contributed by atoms with Crippen LogP contribution in [0.1, 0.15) is 32.9 Å². The maximum absolute atomic E-state index is 12.4. The van der Waals surface area contributed by atoms with Crippen LogP contribution in [-0.4, -0.2) is 33.4 Å². The zero-order valence-corrected chi connectivity index (χ0v) is 14.1. The van der Waals surface area contributed by atoms with Crippen LogP contribution >= 0.6 is 0 Å². The number of nitrogens with zero attached hydrogens (tertiary/aromatic N) is 3. The number of rotatable bonds is 3. The monoisotopic (exact) mass is 379 g/mol. The van der Waals surface area contributed by atoms with E-state index in [0.717, 1.165) is 23.5 Å². The molecule has 1 aliphatic heterocycles. The Morgan fingerprint density at radius 3 is 2.56 bits per heavy atom. The van der Waals surface area contributed by atoms with E-state index in [1.54, 1.807) is 17.0 Å². The van der Waals surface area contributed by atoms with E-state index in [9.17, 15) is 22.8 Å². The van der Waals surface area contributed by atoms with E-state index in [2.05, 4.69) is 15.3 Å². The maximum Gasteiger partial charge on any atom is 0.451 e. The molecule has 1 aliphatic rings. The van der Waals surface area contributed by atoms with Gasteiger partial charge in [-0.05, 0) is 23.6 Å². The van der Waals surface area contributed by atoms with Crippen molar-refractivity contribution in [2.45, 2.75) is 25.7 Å². The predicted molar refractivity (Wildman–Crippen MR) is 88.3 cm³/mol. The first-order valence-corrected chi connectivity index (χ1v) is 8.07. The first-order valence-electron chi connectivity index (χ1n) is 8.07. The molecule has 142 valence electrons. The Morgan fingerprint density at radius 1 is 1.22 bits per heavy atom. The zero-order chi connectivity index (χ0) is 19.6. The van der Waals surface area contributed by atoms with Gasteiger partial charge in [0.25, 0.3) is 0 Å². The van der Waals surface area contributed by atoms with Crippen molar-refractivity contribution in [3.05, 3.63) is 58.7 Å². The van der Waals surface area contributed by atoms with Gasteiger partial charge in [0.15, 0.2) is 0 Å². The minimum atomic E-state index is -4.60. The summed E-state index contributed by atoms with van der Waals surface area (Å²) in [5, 5.41) is 2.63. The van der Waals surface area contributed by atoms with E-state index in [-0.39, 0.29) is 12.6 Å². The summed E-state index contributed by atoms with van der Waals surface area (Å²) in [6.07, 6.45) is -2.06. The second-order valence-electron chi connectivity index (χ2n) is 6.05. The van der Waals surface area contributed by atoms with Crippen molar-refractivity contribution >= 4 is 11.9 Å². The summed E-state index contributed by atoms with van der Waals surface area (Å²) in [4.78, 5) is 31.9. The quantitative estimate of drug-likeness (QED) is 0.850. The molecule has 7 nitrogen and oxygen atoms in total. The SMILES string of the molecule is NC(=O)c1cccc2c1CCN(C(=O)NCc1cnc(C(F)(F)F)nc1)C2. The molecule has 27 heavy (non-hydrogen) atoms. The molecule has 1 aromatic carbocycles. The number of nitrogens with one attached hydrogen (secondary N) is 1. The Hall–Kier alpha value is -3.17. The van der Waals surface area contributed by atoms with Crippen LogP contribution in [0.2, 0.25) is 0 Å². The summed E-state index contributed by atoms with van der Waals surface area (Å²) in [6, 6.07) is 4.82. The highest BCUT2D eigenvalue weighted by Gasteiger charge is 2.34. The smallest absolute Gasteiger partial charge is 0.366 e. The van der Waals surface area contributed by atoms with Gasteiger partial charge in [0, 0.05) is 43.2 Å². The summed E-state index contributed by atoms with van der Waals surface area (Å²) < 4.78 is 37.3. The molecular weight excluding hydrogens is 363 g/mol. The Balaban J connectivity index is 1.61. The topological polar surface area (TPSA) is 101 Å². The van der Waals surface area contributed by atoms with Crippen LogP contribution in [-0.2, 0) is 25.7 Å². The van der Waals surface area contributed by atoms with Crippen LogP contribution < -0.4 is 11.1 Å². The second kappa shape index (κ2) is 7.22. The fourth-order valence-electron chi connectivity index (χ4n) is 2.90. The van der Waals surface area contributed by atoms with Crippen molar-refractivity contribution in [3.63, 3.8) is 0 Å². The lowest BCUT2D eigenvalue weighted by atomic mass is 9.94. The first kappa shape index (κ1) is 18.6. The maximum atomic E-state index is 12.4. The highest BCUT2D eigenvalue weighted by Crippen LogP contribution is 2.25. The molecule has 0 spiro atoms. The summed E-state index contributed by atoms with van der Waals surface area (Å²) in [6.45, 7) is 0.708. The van der Waals surface area contributed by atoms with Crippen molar-refractivity contribution in [2.24, 2.45) is 5.73 Å². The van der Waals surface area contributed by atoms with Crippen LogP contribution in [0.5, 0.6) is 0 Å². The average Bonchev–Trinajstić information content (AvgIpc) is 2.64. The van der Waals surface area contributed by atoms with Gasteiger partial charge in [-0.3, -0.25) is 4.79 Å².